The van der Waals surface area contributed by atoms with E-state index >= 15 is 0 Å². The molecule has 3 rings (SSSR count). The fourth-order valence-corrected chi connectivity index (χ4v) is 5.29. The standard InChI is InChI=1S/C18H34N2S/c1-14(2)17-11-19-16(15-7-5-4-6-8-15)12-20(17)13-18(21-3)9-10-18/h14-17,19H,4-13H2,1-3H3. The van der Waals surface area contributed by atoms with Crippen molar-refractivity contribution >= 4 is 11.8 Å². The van der Waals surface area contributed by atoms with Gasteiger partial charge in [0.1, 0.15) is 0 Å². The van der Waals surface area contributed by atoms with Crippen LogP contribution in [0.3, 0.4) is 0 Å². The molecule has 0 bridgehead atoms. The Bertz CT molecular complexity index is 334. The summed E-state index contributed by atoms with van der Waals surface area (Å²) in [6, 6.07) is 1.51. The van der Waals surface area contributed by atoms with Crippen LogP contribution < -0.4 is 5.32 Å². The van der Waals surface area contributed by atoms with Crippen molar-refractivity contribution in [2.75, 3.05) is 25.9 Å². The highest BCUT2D eigenvalue weighted by molar-refractivity contribution is 8.00. The van der Waals surface area contributed by atoms with Crippen molar-refractivity contribution in [1.82, 2.24) is 10.2 Å². The summed E-state index contributed by atoms with van der Waals surface area (Å²) < 4.78 is 0.613. The lowest BCUT2D eigenvalue weighted by Crippen LogP contribution is -2.61. The molecule has 21 heavy (non-hydrogen) atoms. The zero-order valence-corrected chi connectivity index (χ0v) is 15.1. The third-order valence-corrected chi connectivity index (χ3v) is 7.61. The molecule has 1 saturated heterocycles. The van der Waals surface area contributed by atoms with Crippen molar-refractivity contribution in [1.29, 1.82) is 0 Å². The molecule has 0 aromatic rings. The summed E-state index contributed by atoms with van der Waals surface area (Å²) in [6.07, 6.45) is 12.5. The minimum Gasteiger partial charge on any atom is -0.311 e. The number of nitrogens with one attached hydrogen (secondary N) is 1. The van der Waals surface area contributed by atoms with Crippen LogP contribution in [-0.2, 0) is 0 Å². The molecule has 0 aromatic carbocycles. The van der Waals surface area contributed by atoms with Crippen LogP contribution in [0.1, 0.15) is 58.8 Å². The lowest BCUT2D eigenvalue weighted by Gasteiger charge is -2.46. The molecule has 1 N–H and O–H groups in total. The molecule has 0 spiro atoms. The molecular weight excluding hydrogens is 276 g/mol. The van der Waals surface area contributed by atoms with Gasteiger partial charge in [0.25, 0.3) is 0 Å². The Hall–Kier alpha value is 0.270. The molecule has 1 aliphatic heterocycles. The average molecular weight is 311 g/mol. The fourth-order valence-electron chi connectivity index (χ4n) is 4.48. The summed E-state index contributed by atoms with van der Waals surface area (Å²) in [6.45, 7) is 8.65. The minimum absolute atomic E-state index is 0.613. The Morgan fingerprint density at radius 3 is 2.48 bits per heavy atom. The first-order valence-electron chi connectivity index (χ1n) is 9.16. The number of hydrogen-bond acceptors (Lipinski definition) is 3. The van der Waals surface area contributed by atoms with Crippen molar-refractivity contribution in [3.05, 3.63) is 0 Å². The Morgan fingerprint density at radius 2 is 1.90 bits per heavy atom. The largest absolute Gasteiger partial charge is 0.311 e. The molecule has 122 valence electrons. The van der Waals surface area contributed by atoms with Crippen LogP contribution in [0, 0.1) is 11.8 Å². The molecule has 3 aliphatic rings. The van der Waals surface area contributed by atoms with Gasteiger partial charge in [0.15, 0.2) is 0 Å². The van der Waals surface area contributed by atoms with E-state index in [0.29, 0.717) is 4.75 Å². The van der Waals surface area contributed by atoms with Crippen LogP contribution in [0.2, 0.25) is 0 Å². The van der Waals surface area contributed by atoms with Crippen molar-refractivity contribution in [3.8, 4) is 0 Å². The molecule has 2 nitrogen and oxygen atoms in total. The van der Waals surface area contributed by atoms with Crippen LogP contribution in [-0.4, -0.2) is 47.6 Å². The molecule has 1 heterocycles. The van der Waals surface area contributed by atoms with Crippen LogP contribution >= 0.6 is 11.8 Å². The molecule has 2 atom stereocenters. The summed E-state index contributed by atoms with van der Waals surface area (Å²) in [5, 5.41) is 3.93. The van der Waals surface area contributed by atoms with Gasteiger partial charge in [0, 0.05) is 36.5 Å². The molecular formula is C18H34N2S. The van der Waals surface area contributed by atoms with E-state index in [9.17, 15) is 0 Å². The number of hydrogen-bond donors (Lipinski definition) is 1. The number of piperazine rings is 1. The molecule has 0 radical (unpaired) electrons. The van der Waals surface area contributed by atoms with E-state index in [1.807, 2.05) is 0 Å². The maximum absolute atomic E-state index is 3.93. The van der Waals surface area contributed by atoms with Gasteiger partial charge in [-0.1, -0.05) is 33.1 Å². The van der Waals surface area contributed by atoms with Gasteiger partial charge in [-0.15, -0.1) is 0 Å². The predicted octanol–water partition coefficient (Wildman–Crippen LogP) is 3.76. The van der Waals surface area contributed by atoms with Crippen LogP contribution in [0.4, 0.5) is 0 Å². The summed E-state index contributed by atoms with van der Waals surface area (Å²) in [4.78, 5) is 2.87. The summed E-state index contributed by atoms with van der Waals surface area (Å²) in [7, 11) is 0. The number of rotatable bonds is 5. The first kappa shape index (κ1) is 16.1. The van der Waals surface area contributed by atoms with Gasteiger partial charge >= 0.3 is 0 Å². The van der Waals surface area contributed by atoms with E-state index < -0.39 is 0 Å². The van der Waals surface area contributed by atoms with Gasteiger partial charge in [0.2, 0.25) is 0 Å². The van der Waals surface area contributed by atoms with E-state index in [0.717, 1.165) is 23.9 Å². The van der Waals surface area contributed by atoms with Gasteiger partial charge in [-0.3, -0.25) is 4.90 Å². The van der Waals surface area contributed by atoms with Crippen molar-refractivity contribution in [3.63, 3.8) is 0 Å². The highest BCUT2D eigenvalue weighted by atomic mass is 32.2. The molecule has 0 aromatic heterocycles. The zero-order chi connectivity index (χ0) is 14.9. The fraction of sp³-hybridized carbons (Fsp3) is 1.00. The van der Waals surface area contributed by atoms with Crippen LogP contribution in [0.5, 0.6) is 0 Å². The van der Waals surface area contributed by atoms with Crippen molar-refractivity contribution in [2.24, 2.45) is 11.8 Å². The van der Waals surface area contributed by atoms with Crippen molar-refractivity contribution < 1.29 is 0 Å². The molecule has 2 unspecified atom stereocenters. The SMILES string of the molecule is CSC1(CN2CC(C3CCCCC3)NCC2C(C)C)CC1. The zero-order valence-electron chi connectivity index (χ0n) is 14.2. The first-order chi connectivity index (χ1) is 10.1. The third kappa shape index (κ3) is 3.79. The predicted molar refractivity (Wildman–Crippen MR) is 94.0 cm³/mol. The molecule has 3 heteroatoms. The maximum atomic E-state index is 3.93. The van der Waals surface area contributed by atoms with Gasteiger partial charge in [-0.05, 0) is 43.8 Å². The third-order valence-electron chi connectivity index (χ3n) is 6.21. The monoisotopic (exact) mass is 310 g/mol. The van der Waals surface area contributed by atoms with Gasteiger partial charge in [-0.25, -0.2) is 0 Å². The second-order valence-electron chi connectivity index (χ2n) is 8.04. The van der Waals surface area contributed by atoms with Crippen molar-refractivity contribution in [2.45, 2.75) is 75.6 Å². The summed E-state index contributed by atoms with van der Waals surface area (Å²) in [5.74, 6) is 1.71. The minimum atomic E-state index is 0.613. The van der Waals surface area contributed by atoms with Crippen LogP contribution in [0.25, 0.3) is 0 Å². The smallest absolute Gasteiger partial charge is 0.0285 e. The van der Waals surface area contributed by atoms with Crippen LogP contribution in [0.15, 0.2) is 0 Å². The Labute approximate surface area is 135 Å². The first-order valence-corrected chi connectivity index (χ1v) is 10.4. The van der Waals surface area contributed by atoms with E-state index in [2.05, 4.69) is 42.1 Å². The average Bonchev–Trinajstić information content (AvgIpc) is 3.28. The Morgan fingerprint density at radius 1 is 1.19 bits per heavy atom. The van der Waals surface area contributed by atoms with Gasteiger partial charge in [0.05, 0.1) is 0 Å². The highest BCUT2D eigenvalue weighted by Crippen LogP contribution is 2.48. The highest BCUT2D eigenvalue weighted by Gasteiger charge is 2.46. The second kappa shape index (κ2) is 6.80. The molecule has 3 fully saturated rings. The number of thioether (sulfide) groups is 1. The molecule has 2 saturated carbocycles. The quantitative estimate of drug-likeness (QED) is 0.832. The van der Waals surface area contributed by atoms with E-state index in [1.165, 1.54) is 64.6 Å². The normalized spacial score (nSPS) is 34.3. The van der Waals surface area contributed by atoms with E-state index in [1.54, 1.807) is 0 Å². The van der Waals surface area contributed by atoms with E-state index in [4.69, 9.17) is 0 Å². The molecule has 2 aliphatic carbocycles. The Balaban J connectivity index is 1.63. The maximum Gasteiger partial charge on any atom is 0.0285 e. The van der Waals surface area contributed by atoms with Gasteiger partial charge in [-0.2, -0.15) is 11.8 Å². The molecule has 0 amide bonds. The van der Waals surface area contributed by atoms with Gasteiger partial charge < -0.3 is 5.32 Å². The summed E-state index contributed by atoms with van der Waals surface area (Å²) >= 11 is 2.12. The number of nitrogens with zero attached hydrogens (tertiary/aromatic N) is 1. The lowest BCUT2D eigenvalue weighted by atomic mass is 9.82. The second-order valence-corrected chi connectivity index (χ2v) is 9.32. The lowest BCUT2D eigenvalue weighted by molar-refractivity contribution is 0.0711. The topological polar surface area (TPSA) is 15.3 Å². The Kier molecular flexibility index (Phi) is 5.23. The van der Waals surface area contributed by atoms with E-state index in [-0.39, 0.29) is 0 Å². The summed E-state index contributed by atoms with van der Waals surface area (Å²) in [5.41, 5.74) is 0.